The molecule has 0 saturated heterocycles. The monoisotopic (exact) mass is 412 g/mol. The van der Waals surface area contributed by atoms with Crippen LogP contribution in [0.5, 0.6) is 0 Å². The van der Waals surface area contributed by atoms with Crippen LogP contribution in [0.4, 0.5) is 8.78 Å². The summed E-state index contributed by atoms with van der Waals surface area (Å²) in [6.07, 6.45) is 7.64. The number of rotatable bonds is 7. The molecule has 1 amide bonds. The van der Waals surface area contributed by atoms with Crippen LogP contribution in [-0.4, -0.2) is 27.4 Å². The van der Waals surface area contributed by atoms with E-state index in [-0.39, 0.29) is 29.2 Å². The van der Waals surface area contributed by atoms with Crippen molar-refractivity contribution in [3.8, 4) is 0 Å². The van der Waals surface area contributed by atoms with Crippen LogP contribution in [0.3, 0.4) is 0 Å². The van der Waals surface area contributed by atoms with E-state index >= 15 is 0 Å². The number of sulfonamides is 1. The highest BCUT2D eigenvalue weighted by atomic mass is 32.2. The maximum absolute atomic E-state index is 13.2. The lowest BCUT2D eigenvalue weighted by Crippen LogP contribution is -2.51. The van der Waals surface area contributed by atoms with Gasteiger partial charge >= 0.3 is 0 Å². The zero-order chi connectivity index (χ0) is 19.9. The van der Waals surface area contributed by atoms with E-state index in [1.54, 1.807) is 0 Å². The van der Waals surface area contributed by atoms with Crippen LogP contribution in [0.15, 0.2) is 23.1 Å². The Morgan fingerprint density at radius 2 is 1.64 bits per heavy atom. The Bertz CT molecular complexity index is 837. The minimum absolute atomic E-state index is 0.00920. The number of carbonyl (C=O) groups excluding carboxylic acids is 1. The summed E-state index contributed by atoms with van der Waals surface area (Å²) in [5, 5.41) is 3.00. The number of benzene rings is 1. The van der Waals surface area contributed by atoms with Gasteiger partial charge in [-0.05, 0) is 79.9 Å². The standard InChI is InChI=1S/C20H26F2N2O3S/c21-17-2-1-16(8-18(17)22)28(26,27)24-4-3-19(25)23-12-20-9-13-5-14(10-20)7-15(6-13)11-20/h1-2,8,13-15,24H,3-7,9-12H2,(H,23,25). The SMILES string of the molecule is O=C(CCNS(=O)(=O)c1ccc(F)c(F)c1)NCC12CC3CC(CC(C3)C1)C2. The van der Waals surface area contributed by atoms with Crippen LogP contribution in [0.25, 0.3) is 0 Å². The molecule has 0 radical (unpaired) electrons. The quantitative estimate of drug-likeness (QED) is 0.723. The molecule has 4 bridgehead atoms. The zero-order valence-corrected chi connectivity index (χ0v) is 16.5. The van der Waals surface area contributed by atoms with Gasteiger partial charge in [0.1, 0.15) is 0 Å². The van der Waals surface area contributed by atoms with Crippen molar-refractivity contribution in [1.82, 2.24) is 10.0 Å². The molecule has 5 rings (SSSR count). The van der Waals surface area contributed by atoms with E-state index in [1.165, 1.54) is 38.5 Å². The highest BCUT2D eigenvalue weighted by Gasteiger charge is 2.50. The first-order chi connectivity index (χ1) is 13.2. The topological polar surface area (TPSA) is 75.3 Å². The summed E-state index contributed by atoms with van der Waals surface area (Å²) in [6, 6.07) is 2.39. The molecule has 2 N–H and O–H groups in total. The number of hydrogen-bond acceptors (Lipinski definition) is 3. The molecule has 0 aromatic heterocycles. The average molecular weight is 413 g/mol. The molecule has 4 saturated carbocycles. The van der Waals surface area contributed by atoms with Crippen molar-refractivity contribution in [3.05, 3.63) is 29.8 Å². The third kappa shape index (κ3) is 4.08. The van der Waals surface area contributed by atoms with Crippen molar-refractivity contribution in [2.24, 2.45) is 23.2 Å². The lowest BCUT2D eigenvalue weighted by Gasteiger charge is -2.56. The zero-order valence-electron chi connectivity index (χ0n) is 15.7. The Morgan fingerprint density at radius 3 is 2.21 bits per heavy atom. The summed E-state index contributed by atoms with van der Waals surface area (Å²) in [7, 11) is -3.98. The fourth-order valence-electron chi connectivity index (χ4n) is 5.91. The Kier molecular flexibility index (Phi) is 5.20. The summed E-state index contributed by atoms with van der Waals surface area (Å²) < 4.78 is 52.7. The van der Waals surface area contributed by atoms with Gasteiger partial charge in [0.2, 0.25) is 15.9 Å². The van der Waals surface area contributed by atoms with E-state index in [9.17, 15) is 22.0 Å². The van der Waals surface area contributed by atoms with Crippen LogP contribution in [-0.2, 0) is 14.8 Å². The van der Waals surface area contributed by atoms with Gasteiger partial charge in [-0.3, -0.25) is 4.79 Å². The van der Waals surface area contributed by atoms with E-state index in [4.69, 9.17) is 0 Å². The number of amides is 1. The molecular formula is C20H26F2N2O3S. The van der Waals surface area contributed by atoms with Crippen molar-refractivity contribution in [2.45, 2.75) is 49.8 Å². The number of carbonyl (C=O) groups is 1. The fraction of sp³-hybridized carbons (Fsp3) is 0.650. The van der Waals surface area contributed by atoms with Crippen molar-refractivity contribution >= 4 is 15.9 Å². The van der Waals surface area contributed by atoms with Gasteiger partial charge < -0.3 is 5.32 Å². The van der Waals surface area contributed by atoms with E-state index in [1.807, 2.05) is 0 Å². The molecule has 28 heavy (non-hydrogen) atoms. The first-order valence-electron chi connectivity index (χ1n) is 9.96. The van der Waals surface area contributed by atoms with E-state index in [2.05, 4.69) is 10.0 Å². The van der Waals surface area contributed by atoms with Gasteiger partial charge in [0, 0.05) is 19.5 Å². The molecular weight excluding hydrogens is 386 g/mol. The number of halogens is 2. The molecule has 8 heteroatoms. The van der Waals surface area contributed by atoms with E-state index in [0.717, 1.165) is 29.9 Å². The van der Waals surface area contributed by atoms with Gasteiger partial charge in [0.15, 0.2) is 11.6 Å². The molecule has 5 nitrogen and oxygen atoms in total. The summed E-state index contributed by atoms with van der Waals surface area (Å²) in [5.74, 6) is -0.0916. The Hall–Kier alpha value is -1.54. The smallest absolute Gasteiger partial charge is 0.240 e. The predicted molar refractivity (Wildman–Crippen MR) is 99.8 cm³/mol. The third-order valence-corrected chi connectivity index (χ3v) is 8.13. The highest BCUT2D eigenvalue weighted by molar-refractivity contribution is 7.89. The second kappa shape index (κ2) is 7.37. The second-order valence-electron chi connectivity index (χ2n) is 8.92. The van der Waals surface area contributed by atoms with Crippen LogP contribution < -0.4 is 10.0 Å². The molecule has 1 aromatic carbocycles. The van der Waals surface area contributed by atoms with Crippen molar-refractivity contribution in [2.75, 3.05) is 13.1 Å². The number of nitrogens with one attached hydrogen (secondary N) is 2. The van der Waals surface area contributed by atoms with Gasteiger partial charge in [-0.15, -0.1) is 0 Å². The number of hydrogen-bond donors (Lipinski definition) is 2. The molecule has 0 spiro atoms. The summed E-state index contributed by atoms with van der Waals surface area (Å²) in [4.78, 5) is 11.8. The Labute approximate surface area is 164 Å². The van der Waals surface area contributed by atoms with Crippen molar-refractivity contribution < 1.29 is 22.0 Å². The van der Waals surface area contributed by atoms with Crippen molar-refractivity contribution in [1.29, 1.82) is 0 Å². The average Bonchev–Trinajstić information content (AvgIpc) is 2.61. The Balaban J connectivity index is 1.25. The van der Waals surface area contributed by atoms with Crippen LogP contribution in [0.2, 0.25) is 0 Å². The second-order valence-corrected chi connectivity index (χ2v) is 10.7. The first-order valence-corrected chi connectivity index (χ1v) is 11.4. The molecule has 4 fully saturated rings. The molecule has 4 aliphatic rings. The molecule has 1 aromatic rings. The third-order valence-electron chi connectivity index (χ3n) is 6.67. The maximum atomic E-state index is 13.2. The summed E-state index contributed by atoms with van der Waals surface area (Å²) >= 11 is 0. The molecule has 4 aliphatic carbocycles. The van der Waals surface area contributed by atoms with Crippen LogP contribution in [0.1, 0.15) is 44.9 Å². The van der Waals surface area contributed by atoms with Gasteiger partial charge in [-0.1, -0.05) is 0 Å². The molecule has 0 aliphatic heterocycles. The van der Waals surface area contributed by atoms with Gasteiger partial charge in [0.25, 0.3) is 0 Å². The van der Waals surface area contributed by atoms with Gasteiger partial charge in [-0.2, -0.15) is 0 Å². The summed E-state index contributed by atoms with van der Waals surface area (Å²) in [5.41, 5.74) is 0.232. The fourth-order valence-corrected chi connectivity index (χ4v) is 6.95. The largest absolute Gasteiger partial charge is 0.356 e. The summed E-state index contributed by atoms with van der Waals surface area (Å²) in [6.45, 7) is 0.583. The predicted octanol–water partition coefficient (Wildman–Crippen LogP) is 2.97. The van der Waals surface area contributed by atoms with Gasteiger partial charge in [0.05, 0.1) is 4.90 Å². The van der Waals surface area contributed by atoms with Gasteiger partial charge in [-0.25, -0.2) is 21.9 Å². The molecule has 0 heterocycles. The highest BCUT2D eigenvalue weighted by Crippen LogP contribution is 2.59. The normalized spacial score (nSPS) is 31.1. The molecule has 0 atom stereocenters. The molecule has 0 unspecified atom stereocenters. The maximum Gasteiger partial charge on any atom is 0.240 e. The van der Waals surface area contributed by atoms with Crippen LogP contribution >= 0.6 is 0 Å². The van der Waals surface area contributed by atoms with E-state index < -0.39 is 21.7 Å². The Morgan fingerprint density at radius 1 is 1.04 bits per heavy atom. The lowest BCUT2D eigenvalue weighted by molar-refractivity contribution is -0.123. The lowest BCUT2D eigenvalue weighted by atomic mass is 9.49. The minimum Gasteiger partial charge on any atom is -0.356 e. The first kappa shape index (κ1) is 19.8. The molecule has 154 valence electrons. The van der Waals surface area contributed by atoms with Crippen LogP contribution in [0, 0.1) is 34.8 Å². The van der Waals surface area contributed by atoms with Crippen molar-refractivity contribution in [3.63, 3.8) is 0 Å². The van der Waals surface area contributed by atoms with E-state index in [0.29, 0.717) is 12.6 Å². The minimum atomic E-state index is -3.98.